The Bertz CT molecular complexity index is 1010. The summed E-state index contributed by atoms with van der Waals surface area (Å²) in [5.74, 6) is 0.125. The van der Waals surface area contributed by atoms with E-state index in [1.807, 2.05) is 18.4 Å². The lowest BCUT2D eigenvalue weighted by Gasteiger charge is -2.30. The lowest BCUT2D eigenvalue weighted by Crippen LogP contribution is -2.45. The van der Waals surface area contributed by atoms with Crippen LogP contribution in [0.1, 0.15) is 46.2 Å². The highest BCUT2D eigenvalue weighted by Gasteiger charge is 2.29. The van der Waals surface area contributed by atoms with E-state index in [-0.39, 0.29) is 18.3 Å². The molecule has 0 spiro atoms. The Morgan fingerprint density at radius 3 is 2.41 bits per heavy atom. The summed E-state index contributed by atoms with van der Waals surface area (Å²) in [7, 11) is 1.43. The zero-order chi connectivity index (χ0) is 21.3. The fourth-order valence-corrected chi connectivity index (χ4v) is 3.68. The summed E-state index contributed by atoms with van der Waals surface area (Å²) in [6.07, 6.45) is 0.792. The van der Waals surface area contributed by atoms with Crippen LogP contribution < -0.4 is 21.5 Å². The van der Waals surface area contributed by atoms with Crippen molar-refractivity contribution in [2.75, 3.05) is 37.7 Å². The molecule has 0 aliphatic carbocycles. The molecule has 3 heterocycles. The standard InChI is InChI=1S/C19H30N6O4/c1-6-12(3)24-14-15(21-18(24)23-10-8-20-9-11-23)25(13(4)17(27)29-7-2)19(28)22(5)16(14)26/h12-13,20H,6-11H2,1-5H3. The van der Waals surface area contributed by atoms with Gasteiger partial charge in [-0.05, 0) is 27.2 Å². The van der Waals surface area contributed by atoms with Crippen molar-refractivity contribution in [3.8, 4) is 0 Å². The smallest absolute Gasteiger partial charge is 0.333 e. The summed E-state index contributed by atoms with van der Waals surface area (Å²) >= 11 is 0. The van der Waals surface area contributed by atoms with Gasteiger partial charge >= 0.3 is 11.7 Å². The first kappa shape index (κ1) is 21.1. The topological polar surface area (TPSA) is 103 Å². The number of hydrogen-bond acceptors (Lipinski definition) is 7. The predicted molar refractivity (Wildman–Crippen MR) is 111 cm³/mol. The van der Waals surface area contributed by atoms with Crippen LogP contribution in [0.15, 0.2) is 9.59 Å². The van der Waals surface area contributed by atoms with Crippen LogP contribution in [-0.4, -0.2) is 57.4 Å². The van der Waals surface area contributed by atoms with Crippen molar-refractivity contribution in [2.45, 2.75) is 46.2 Å². The fourth-order valence-electron chi connectivity index (χ4n) is 3.68. The number of anilines is 1. The third kappa shape index (κ3) is 3.57. The third-order valence-electron chi connectivity index (χ3n) is 5.55. The molecule has 0 amide bonds. The molecule has 1 saturated heterocycles. The monoisotopic (exact) mass is 406 g/mol. The minimum Gasteiger partial charge on any atom is -0.464 e. The molecule has 10 nitrogen and oxygen atoms in total. The molecule has 1 aliphatic rings. The van der Waals surface area contributed by atoms with Gasteiger partial charge in [-0.15, -0.1) is 0 Å². The molecule has 1 fully saturated rings. The number of ether oxygens (including phenoxy) is 1. The van der Waals surface area contributed by atoms with Gasteiger partial charge in [0.1, 0.15) is 6.04 Å². The second-order valence-electron chi connectivity index (χ2n) is 7.39. The molecule has 2 unspecified atom stereocenters. The van der Waals surface area contributed by atoms with Gasteiger partial charge in [-0.1, -0.05) is 6.92 Å². The summed E-state index contributed by atoms with van der Waals surface area (Å²) < 4.78 is 9.35. The van der Waals surface area contributed by atoms with Gasteiger partial charge in [-0.25, -0.2) is 9.59 Å². The second kappa shape index (κ2) is 8.40. The molecule has 10 heteroatoms. The number of hydrogen-bond donors (Lipinski definition) is 1. The zero-order valence-electron chi connectivity index (χ0n) is 17.8. The Morgan fingerprint density at radius 2 is 1.83 bits per heavy atom. The van der Waals surface area contributed by atoms with Crippen LogP contribution in [0.2, 0.25) is 0 Å². The molecular weight excluding hydrogens is 376 g/mol. The molecule has 2 aromatic heterocycles. The van der Waals surface area contributed by atoms with Gasteiger partial charge in [-0.2, -0.15) is 4.98 Å². The molecule has 0 aromatic carbocycles. The molecule has 0 saturated carbocycles. The van der Waals surface area contributed by atoms with Crippen LogP contribution >= 0.6 is 0 Å². The molecular formula is C19H30N6O4. The third-order valence-corrected chi connectivity index (χ3v) is 5.55. The van der Waals surface area contributed by atoms with E-state index in [0.717, 1.165) is 37.2 Å². The predicted octanol–water partition coefficient (Wildman–Crippen LogP) is 0.401. The lowest BCUT2D eigenvalue weighted by atomic mass is 10.2. The highest BCUT2D eigenvalue weighted by Crippen LogP contribution is 2.27. The van der Waals surface area contributed by atoms with Crippen molar-refractivity contribution in [1.29, 1.82) is 0 Å². The minimum atomic E-state index is -0.895. The van der Waals surface area contributed by atoms with Crippen LogP contribution in [-0.2, 0) is 16.6 Å². The van der Waals surface area contributed by atoms with Gasteiger partial charge < -0.3 is 19.5 Å². The second-order valence-corrected chi connectivity index (χ2v) is 7.39. The highest BCUT2D eigenvalue weighted by molar-refractivity contribution is 5.79. The number of rotatable bonds is 6. The average molecular weight is 406 g/mol. The van der Waals surface area contributed by atoms with E-state index in [2.05, 4.69) is 10.2 Å². The number of carbonyl (C=O) groups is 1. The highest BCUT2D eigenvalue weighted by atomic mass is 16.5. The average Bonchev–Trinajstić information content (AvgIpc) is 3.12. The largest absolute Gasteiger partial charge is 0.464 e. The van der Waals surface area contributed by atoms with Gasteiger partial charge in [0.25, 0.3) is 5.56 Å². The fraction of sp³-hybridized carbons (Fsp3) is 0.684. The van der Waals surface area contributed by atoms with Crippen molar-refractivity contribution in [1.82, 2.24) is 24.0 Å². The molecule has 3 rings (SSSR count). The van der Waals surface area contributed by atoms with Crippen molar-refractivity contribution < 1.29 is 9.53 Å². The number of nitrogens with zero attached hydrogens (tertiary/aromatic N) is 5. The molecule has 160 valence electrons. The van der Waals surface area contributed by atoms with Crippen LogP contribution in [0.25, 0.3) is 11.2 Å². The molecule has 0 radical (unpaired) electrons. The Kier molecular flexibility index (Phi) is 6.11. The van der Waals surface area contributed by atoms with Gasteiger partial charge in [0.2, 0.25) is 5.95 Å². The molecule has 2 atom stereocenters. The normalized spacial score (nSPS) is 16.8. The Hall–Kier alpha value is -2.62. The van der Waals surface area contributed by atoms with Crippen molar-refractivity contribution in [3.05, 3.63) is 20.8 Å². The van der Waals surface area contributed by atoms with Gasteiger partial charge in [0.05, 0.1) is 6.61 Å². The number of piperazine rings is 1. The first-order valence-corrected chi connectivity index (χ1v) is 10.2. The number of fused-ring (bicyclic) bond motifs is 1. The molecule has 1 aliphatic heterocycles. The number of aromatic nitrogens is 4. The SMILES string of the molecule is CCOC(=O)C(C)n1c(=O)n(C)c(=O)c2c1nc(N1CCNCC1)n2C(C)CC. The van der Waals surface area contributed by atoms with Gasteiger partial charge in [-0.3, -0.25) is 13.9 Å². The Balaban J connectivity index is 2.35. The number of esters is 1. The first-order chi connectivity index (χ1) is 13.8. The van der Waals surface area contributed by atoms with E-state index in [1.165, 1.54) is 11.6 Å². The van der Waals surface area contributed by atoms with Crippen LogP contribution in [0.5, 0.6) is 0 Å². The van der Waals surface area contributed by atoms with E-state index >= 15 is 0 Å². The molecule has 2 aromatic rings. The Labute approximate surface area is 169 Å². The van der Waals surface area contributed by atoms with Crippen LogP contribution in [0, 0.1) is 0 Å². The molecule has 0 bridgehead atoms. The van der Waals surface area contributed by atoms with E-state index < -0.39 is 23.3 Å². The summed E-state index contributed by atoms with van der Waals surface area (Å²) in [5.41, 5.74) is -0.422. The van der Waals surface area contributed by atoms with Crippen molar-refractivity contribution >= 4 is 23.1 Å². The maximum absolute atomic E-state index is 13.1. The Morgan fingerprint density at radius 1 is 1.17 bits per heavy atom. The van der Waals surface area contributed by atoms with Crippen molar-refractivity contribution in [2.24, 2.45) is 7.05 Å². The summed E-state index contributed by atoms with van der Waals surface area (Å²) in [4.78, 5) is 45.3. The zero-order valence-corrected chi connectivity index (χ0v) is 17.8. The number of nitrogens with one attached hydrogen (secondary N) is 1. The van der Waals surface area contributed by atoms with Crippen LogP contribution in [0.4, 0.5) is 5.95 Å². The van der Waals surface area contributed by atoms with E-state index in [0.29, 0.717) is 11.5 Å². The number of carbonyl (C=O) groups excluding carboxylic acids is 1. The summed E-state index contributed by atoms with van der Waals surface area (Å²) in [6.45, 7) is 10.7. The molecule has 29 heavy (non-hydrogen) atoms. The minimum absolute atomic E-state index is 0.00133. The quantitative estimate of drug-likeness (QED) is 0.693. The van der Waals surface area contributed by atoms with E-state index in [1.54, 1.807) is 13.8 Å². The van der Waals surface area contributed by atoms with Gasteiger partial charge in [0, 0.05) is 39.3 Å². The molecule has 1 N–H and O–H groups in total. The van der Waals surface area contributed by atoms with E-state index in [4.69, 9.17) is 9.72 Å². The maximum Gasteiger partial charge on any atom is 0.333 e. The van der Waals surface area contributed by atoms with Crippen molar-refractivity contribution in [3.63, 3.8) is 0 Å². The van der Waals surface area contributed by atoms with Gasteiger partial charge in [0.15, 0.2) is 11.2 Å². The summed E-state index contributed by atoms with van der Waals surface area (Å²) in [6, 6.07) is -0.894. The van der Waals surface area contributed by atoms with Crippen LogP contribution in [0.3, 0.4) is 0 Å². The summed E-state index contributed by atoms with van der Waals surface area (Å²) in [5, 5.41) is 3.31. The number of imidazole rings is 1. The maximum atomic E-state index is 13.1. The lowest BCUT2D eigenvalue weighted by molar-refractivity contribution is -0.146. The van der Waals surface area contributed by atoms with E-state index in [9.17, 15) is 14.4 Å². The first-order valence-electron chi connectivity index (χ1n) is 10.2.